The van der Waals surface area contributed by atoms with Crippen molar-refractivity contribution in [2.75, 3.05) is 89.6 Å². The van der Waals surface area contributed by atoms with Gasteiger partial charge in [0.25, 0.3) is 11.8 Å². The molecule has 6 aliphatic rings. The lowest BCUT2D eigenvalue weighted by atomic mass is 9.81. The van der Waals surface area contributed by atoms with Crippen LogP contribution in [0.15, 0.2) is 72.2 Å². The normalized spacial score (nSPS) is 19.1. The number of carbonyl (C=O) groups excluding carboxylic acids is 3. The highest BCUT2D eigenvalue weighted by atomic mass is 31.3. The first-order valence-corrected chi connectivity index (χ1v) is 36.0. The quantitative estimate of drug-likeness (QED) is 0.00796. The van der Waals surface area contributed by atoms with Crippen LogP contribution in [0.2, 0.25) is 0 Å². The molecule has 0 aliphatic carbocycles. The van der Waals surface area contributed by atoms with E-state index >= 15 is 0 Å². The number of nitrogens with two attached hydrogens (primary N) is 1. The van der Waals surface area contributed by atoms with E-state index in [9.17, 15) is 58.2 Å². The third-order valence-electron chi connectivity index (χ3n) is 17.1. The first-order valence-electron chi connectivity index (χ1n) is 31.0. The molecule has 4 unspecified atom stereocenters. The van der Waals surface area contributed by atoms with Gasteiger partial charge in [0, 0.05) is 113 Å². The molecule has 95 heavy (non-hydrogen) atoms. The van der Waals surface area contributed by atoms with Crippen molar-refractivity contribution in [1.82, 2.24) is 35.1 Å². The van der Waals surface area contributed by atoms with Crippen molar-refractivity contribution >= 4 is 75.0 Å². The number of amides is 3. The highest BCUT2D eigenvalue weighted by molar-refractivity contribution is 7.68. The standard InChI is InChI=1S/C61H69N12O19P3/c1-93(79,80)91-95(83,84)92-94(81,82)88-31-41-14-16-50(89-41)73-30-39(51-57(62)67-34-68-58(51)73)29-66-48(74)32-85-23-24-86-49(69-70-63)33-87-40-10-2-7-37(25-40)59(75)64-17-18-65-60(76)38-13-15-42(61(77)78)45(28-38)52-46-26-35-8-3-19-71-21-5-11-43(53(35)71)55(46)90-56-44-12-6-22-72-20-4-9-36(54(44)72)27-47(52)56/h2,7,10,13,15,25-28,30,34,41,49-50H,3-6,8-9,11-12,14,16-24,29,31-33H2,1H3,(H8-,62,64,65,66,67,68,74,75,76,77,78,79,80,81,82,83,84)/p+1/t41-,49?,50+/m0/s1. The number of nitrogen functional groups attached to an aromatic ring is 1. The number of benzene rings is 4. The Labute approximate surface area is 542 Å². The molecule has 502 valence electrons. The van der Waals surface area contributed by atoms with Gasteiger partial charge in [0.05, 0.1) is 42.4 Å². The highest BCUT2D eigenvalue weighted by Crippen LogP contribution is 2.66. The number of anilines is 2. The van der Waals surface area contributed by atoms with Gasteiger partial charge in [-0.25, -0.2) is 32.8 Å². The van der Waals surface area contributed by atoms with Crippen LogP contribution in [0.25, 0.3) is 27.0 Å². The van der Waals surface area contributed by atoms with E-state index in [-0.39, 0.29) is 74.1 Å². The lowest BCUT2D eigenvalue weighted by Crippen LogP contribution is -2.45. The van der Waals surface area contributed by atoms with Crippen LogP contribution in [0, 0.1) is 0 Å². The minimum absolute atomic E-state index is 0.0428. The number of hydrogen-bond donors (Lipinski definition) is 8. The molecule has 0 bridgehead atoms. The monoisotopic (exact) mass is 1370 g/mol. The van der Waals surface area contributed by atoms with Crippen molar-refractivity contribution in [3.63, 3.8) is 0 Å². The van der Waals surface area contributed by atoms with Gasteiger partial charge in [-0.1, -0.05) is 11.2 Å². The minimum atomic E-state index is -5.47. The molecule has 6 aliphatic heterocycles. The number of fused-ring (bicyclic) bond motifs is 5. The summed E-state index contributed by atoms with van der Waals surface area (Å²) in [7, 11) is -15.3. The van der Waals surface area contributed by atoms with E-state index in [4.69, 9.17) is 33.9 Å². The van der Waals surface area contributed by atoms with Crippen molar-refractivity contribution in [2.24, 2.45) is 5.11 Å². The van der Waals surface area contributed by atoms with Gasteiger partial charge in [0.2, 0.25) is 11.3 Å². The molecule has 0 spiro atoms. The summed E-state index contributed by atoms with van der Waals surface area (Å²) in [4.78, 5) is 96.1. The van der Waals surface area contributed by atoms with E-state index in [2.05, 4.69) is 66.2 Å². The third kappa shape index (κ3) is 15.1. The fourth-order valence-electron chi connectivity index (χ4n) is 13.3. The molecule has 9 N–H and O–H groups in total. The van der Waals surface area contributed by atoms with Gasteiger partial charge >= 0.3 is 29.2 Å². The van der Waals surface area contributed by atoms with E-state index in [0.717, 1.165) is 117 Å². The summed E-state index contributed by atoms with van der Waals surface area (Å²) in [5, 5.41) is 25.4. The van der Waals surface area contributed by atoms with Gasteiger partial charge in [-0.05, 0) is 117 Å². The van der Waals surface area contributed by atoms with Crippen LogP contribution < -0.4 is 51.2 Å². The number of ether oxygens (including phenoxy) is 5. The summed E-state index contributed by atoms with van der Waals surface area (Å²) < 4.78 is 82.8. The Balaban J connectivity index is 0.615. The summed E-state index contributed by atoms with van der Waals surface area (Å²) in [6.45, 7) is 3.07. The maximum atomic E-state index is 14.1. The van der Waals surface area contributed by atoms with Gasteiger partial charge in [0.15, 0.2) is 6.23 Å². The first-order chi connectivity index (χ1) is 45.6. The van der Waals surface area contributed by atoms with E-state index < -0.39 is 78.7 Å². The molecular weight excluding hydrogens is 1300 g/mol. The summed E-state index contributed by atoms with van der Waals surface area (Å²) in [6.07, 6.45) is 8.26. The average molecular weight is 1370 g/mol. The van der Waals surface area contributed by atoms with Gasteiger partial charge in [-0.15, -0.1) is 0 Å². The zero-order chi connectivity index (χ0) is 66.8. The first kappa shape index (κ1) is 66.9. The maximum absolute atomic E-state index is 14.1. The van der Waals surface area contributed by atoms with Crippen LogP contribution in [0.1, 0.15) is 115 Å². The molecular formula is C61H70N12O19P3+. The number of aromatic nitrogens is 3. The lowest BCUT2D eigenvalue weighted by molar-refractivity contribution is -0.126. The molecule has 1 saturated heterocycles. The topological polar surface area (TPSA) is 422 Å². The average Bonchev–Trinajstić information content (AvgIpc) is 1.32. The van der Waals surface area contributed by atoms with Crippen molar-refractivity contribution < 1.29 is 89.5 Å². The van der Waals surface area contributed by atoms with E-state index in [0.29, 0.717) is 35.2 Å². The number of nitrogens with zero attached hydrogens (tertiary/aromatic N) is 8. The Bertz CT molecular complexity index is 4400. The lowest BCUT2D eigenvalue weighted by Gasteiger charge is -2.39. The second-order valence-corrected chi connectivity index (χ2v) is 28.7. The molecule has 0 radical (unpaired) electrons. The SMILES string of the molecule is CP(=O)(O)OP(=O)(O)OP(=O)(O)OC[C@@H]1CC[C@H](n2cc(CNC(=O)COCCOC(COc3cccc(C(=O)NCCNC(=O)c4ccc(C(=O)O)c(C5=c6cc7c8c(c6Oc6c5cc5c9c6CCCN9CCC5)CCC[N+]=8CCC7)c4)c3)N=[N+]=[N-])c3c(N)ncnc32)O1. The van der Waals surface area contributed by atoms with Crippen LogP contribution in [0.4, 0.5) is 11.5 Å². The summed E-state index contributed by atoms with van der Waals surface area (Å²) in [5.41, 5.74) is 24.9. The maximum Gasteiger partial charge on any atom is 0.488 e. The van der Waals surface area contributed by atoms with E-state index in [1.54, 1.807) is 35.0 Å². The molecule has 2 aromatic heterocycles. The van der Waals surface area contributed by atoms with Crippen LogP contribution in [-0.2, 0) is 78.1 Å². The number of aryl methyl sites for hydroxylation is 2. The number of carboxylic acid groups (broad SMARTS) is 1. The number of carbonyl (C=O) groups is 4. The molecule has 0 saturated carbocycles. The van der Waals surface area contributed by atoms with Crippen LogP contribution in [0.5, 0.6) is 17.2 Å². The second kappa shape index (κ2) is 28.3. The second-order valence-electron chi connectivity index (χ2n) is 23.6. The van der Waals surface area contributed by atoms with Crippen molar-refractivity contribution in [2.45, 2.75) is 89.3 Å². The number of carboxylic acids is 1. The molecule has 3 amide bonds. The van der Waals surface area contributed by atoms with Gasteiger partial charge < -0.3 is 74.6 Å². The number of phosphoric acid groups is 2. The van der Waals surface area contributed by atoms with Crippen molar-refractivity contribution in [3.05, 3.63) is 144 Å². The molecule has 31 nitrogen and oxygen atoms in total. The Morgan fingerprint density at radius 1 is 0.853 bits per heavy atom. The summed E-state index contributed by atoms with van der Waals surface area (Å²) in [5.74, 6) is -0.654. The fraction of sp³-hybridized carbons (Fsp3) is 0.426. The van der Waals surface area contributed by atoms with Gasteiger partial charge in [-0.3, -0.25) is 23.5 Å². The third-order valence-corrected chi connectivity index (χ3v) is 21.2. The summed E-state index contributed by atoms with van der Waals surface area (Å²) in [6, 6.07) is 15.3. The Morgan fingerprint density at radius 3 is 2.37 bits per heavy atom. The number of nitrogens with one attached hydrogen (secondary N) is 3. The number of rotatable bonds is 27. The number of aromatic carboxylic acids is 1. The van der Waals surface area contributed by atoms with E-state index in [1.807, 2.05) is 0 Å². The fourth-order valence-corrected chi connectivity index (χ4v) is 16.8. The zero-order valence-corrected chi connectivity index (χ0v) is 54.2. The van der Waals surface area contributed by atoms with Gasteiger partial charge in [0.1, 0.15) is 67.6 Å². The smallest absolute Gasteiger partial charge is 0.488 e. The minimum Gasteiger partial charge on any atom is -0.491 e. The number of hydrogen-bond acceptors (Lipinski definition) is 20. The highest BCUT2D eigenvalue weighted by Gasteiger charge is 2.42. The van der Waals surface area contributed by atoms with Crippen LogP contribution in [0.3, 0.4) is 0 Å². The number of phosphoric ester groups is 1. The molecule has 34 heteroatoms. The molecule has 4 aromatic carbocycles. The van der Waals surface area contributed by atoms with Crippen LogP contribution >= 0.6 is 23.2 Å². The van der Waals surface area contributed by atoms with E-state index in [1.165, 1.54) is 46.7 Å². The molecule has 6 aromatic rings. The molecule has 12 rings (SSSR count). The zero-order valence-electron chi connectivity index (χ0n) is 51.5. The van der Waals surface area contributed by atoms with Gasteiger partial charge in [-0.2, -0.15) is 4.31 Å². The largest absolute Gasteiger partial charge is 0.491 e. The van der Waals surface area contributed by atoms with Crippen LogP contribution in [-0.4, -0.2) is 149 Å². The van der Waals surface area contributed by atoms with Crippen molar-refractivity contribution in [3.8, 4) is 17.2 Å². The predicted molar refractivity (Wildman–Crippen MR) is 340 cm³/mol. The number of azide groups is 1. The molecule has 1 fully saturated rings. The Morgan fingerprint density at radius 2 is 1.60 bits per heavy atom. The Kier molecular flexibility index (Phi) is 19.9. The molecule has 8 heterocycles. The molecule has 6 atom stereocenters. The predicted octanol–water partition coefficient (Wildman–Crippen LogP) is 5.42. The summed E-state index contributed by atoms with van der Waals surface area (Å²) >= 11 is 0. The Hall–Kier alpha value is -8.11. The van der Waals surface area contributed by atoms with Crippen molar-refractivity contribution in [1.29, 1.82) is 0 Å².